The molecule has 0 aliphatic carbocycles. The van der Waals surface area contributed by atoms with Crippen LogP contribution in [-0.2, 0) is 4.79 Å². The molecule has 6 heteroatoms. The highest BCUT2D eigenvalue weighted by Gasteiger charge is 2.32. The minimum absolute atomic E-state index is 0.0106. The molecule has 1 saturated heterocycles. The van der Waals surface area contributed by atoms with Crippen LogP contribution in [0.2, 0.25) is 5.02 Å². The SMILES string of the molecule is O=C(O)CC1CN(C(=O)c2ccc(Cl)c(F)c2)C1. The lowest BCUT2D eigenvalue weighted by molar-refractivity contribution is -0.139. The molecule has 96 valence electrons. The summed E-state index contributed by atoms with van der Waals surface area (Å²) in [5.74, 6) is -1.81. The predicted octanol–water partition coefficient (Wildman–Crippen LogP) is 2.03. The molecule has 0 atom stereocenters. The van der Waals surface area contributed by atoms with Crippen molar-refractivity contribution in [3.8, 4) is 0 Å². The van der Waals surface area contributed by atoms with E-state index in [1.165, 1.54) is 17.0 Å². The van der Waals surface area contributed by atoms with Gasteiger partial charge >= 0.3 is 5.97 Å². The third-order valence-electron chi connectivity index (χ3n) is 2.87. The number of nitrogens with zero attached hydrogens (tertiary/aromatic N) is 1. The van der Waals surface area contributed by atoms with Gasteiger partial charge in [0.25, 0.3) is 5.91 Å². The van der Waals surface area contributed by atoms with Gasteiger partial charge in [-0.2, -0.15) is 0 Å². The summed E-state index contributed by atoms with van der Waals surface area (Å²) in [5, 5.41) is 8.56. The number of benzene rings is 1. The first kappa shape index (κ1) is 12.8. The Morgan fingerprint density at radius 2 is 2.11 bits per heavy atom. The van der Waals surface area contributed by atoms with Crippen LogP contribution in [0.5, 0.6) is 0 Å². The number of likely N-dealkylation sites (tertiary alicyclic amines) is 1. The molecule has 1 heterocycles. The summed E-state index contributed by atoms with van der Waals surface area (Å²) in [6, 6.07) is 3.88. The Balaban J connectivity index is 1.97. The van der Waals surface area contributed by atoms with Gasteiger partial charge in [-0.15, -0.1) is 0 Å². The number of hydrogen-bond donors (Lipinski definition) is 1. The van der Waals surface area contributed by atoms with Crippen molar-refractivity contribution >= 4 is 23.5 Å². The van der Waals surface area contributed by atoms with Gasteiger partial charge in [-0.25, -0.2) is 4.39 Å². The quantitative estimate of drug-likeness (QED) is 0.915. The summed E-state index contributed by atoms with van der Waals surface area (Å²) in [4.78, 5) is 23.9. The van der Waals surface area contributed by atoms with Crippen LogP contribution in [0.1, 0.15) is 16.8 Å². The molecular formula is C12H11ClFNO3. The maximum Gasteiger partial charge on any atom is 0.303 e. The minimum atomic E-state index is -0.871. The third-order valence-corrected chi connectivity index (χ3v) is 3.18. The summed E-state index contributed by atoms with van der Waals surface area (Å²) in [6.45, 7) is 0.796. The van der Waals surface area contributed by atoms with Gasteiger partial charge in [-0.1, -0.05) is 11.6 Å². The number of aliphatic carboxylic acids is 1. The zero-order valence-electron chi connectivity index (χ0n) is 9.40. The lowest BCUT2D eigenvalue weighted by Gasteiger charge is -2.38. The number of rotatable bonds is 3. The molecule has 1 amide bonds. The van der Waals surface area contributed by atoms with E-state index in [-0.39, 0.29) is 28.8 Å². The fraction of sp³-hybridized carbons (Fsp3) is 0.333. The first-order chi connectivity index (χ1) is 8.47. The Bertz CT molecular complexity index is 500. The normalized spacial score (nSPS) is 15.3. The number of carboxylic acids is 1. The second-order valence-corrected chi connectivity index (χ2v) is 4.71. The Kier molecular flexibility index (Phi) is 3.52. The predicted molar refractivity (Wildman–Crippen MR) is 63.1 cm³/mol. The molecule has 1 aliphatic heterocycles. The standard InChI is InChI=1S/C12H11ClFNO3/c13-9-2-1-8(4-10(9)14)12(18)15-5-7(6-15)3-11(16)17/h1-2,4,7H,3,5-6H2,(H,16,17). The van der Waals surface area contributed by atoms with Crippen LogP contribution < -0.4 is 0 Å². The molecular weight excluding hydrogens is 261 g/mol. The topological polar surface area (TPSA) is 57.6 Å². The number of carboxylic acid groups (broad SMARTS) is 1. The molecule has 0 spiro atoms. The van der Waals surface area contributed by atoms with Crippen LogP contribution in [0.25, 0.3) is 0 Å². The number of carbonyl (C=O) groups is 2. The lowest BCUT2D eigenvalue weighted by Crippen LogP contribution is -2.50. The second-order valence-electron chi connectivity index (χ2n) is 4.30. The average Bonchev–Trinajstić information content (AvgIpc) is 2.25. The van der Waals surface area contributed by atoms with Crippen LogP contribution in [-0.4, -0.2) is 35.0 Å². The number of halogens is 2. The van der Waals surface area contributed by atoms with Crippen molar-refractivity contribution in [3.05, 3.63) is 34.6 Å². The highest BCUT2D eigenvalue weighted by Crippen LogP contribution is 2.23. The monoisotopic (exact) mass is 271 g/mol. The summed E-state index contributed by atoms with van der Waals surface area (Å²) < 4.78 is 13.2. The van der Waals surface area contributed by atoms with Gasteiger partial charge in [0, 0.05) is 24.6 Å². The molecule has 0 aromatic heterocycles. The second kappa shape index (κ2) is 4.94. The molecule has 18 heavy (non-hydrogen) atoms. The van der Waals surface area contributed by atoms with E-state index in [1.54, 1.807) is 0 Å². The van der Waals surface area contributed by atoms with Crippen molar-refractivity contribution in [1.29, 1.82) is 0 Å². The first-order valence-electron chi connectivity index (χ1n) is 5.43. The number of hydrogen-bond acceptors (Lipinski definition) is 2. The first-order valence-corrected chi connectivity index (χ1v) is 5.81. The number of amides is 1. The maximum absolute atomic E-state index is 13.2. The zero-order valence-corrected chi connectivity index (χ0v) is 10.2. The molecule has 2 rings (SSSR count). The van der Waals surface area contributed by atoms with Crippen molar-refractivity contribution in [3.63, 3.8) is 0 Å². The smallest absolute Gasteiger partial charge is 0.303 e. The van der Waals surface area contributed by atoms with Gasteiger partial charge in [0.1, 0.15) is 5.82 Å². The Morgan fingerprint density at radius 1 is 1.44 bits per heavy atom. The highest BCUT2D eigenvalue weighted by atomic mass is 35.5. The van der Waals surface area contributed by atoms with Crippen molar-refractivity contribution in [2.75, 3.05) is 13.1 Å². The van der Waals surface area contributed by atoms with E-state index in [4.69, 9.17) is 16.7 Å². The van der Waals surface area contributed by atoms with E-state index in [0.717, 1.165) is 6.07 Å². The van der Waals surface area contributed by atoms with Crippen molar-refractivity contribution < 1.29 is 19.1 Å². The molecule has 0 radical (unpaired) electrons. The fourth-order valence-electron chi connectivity index (χ4n) is 1.92. The Hall–Kier alpha value is -1.62. The Morgan fingerprint density at radius 3 is 2.67 bits per heavy atom. The number of carbonyl (C=O) groups excluding carboxylic acids is 1. The summed E-state index contributed by atoms with van der Waals surface area (Å²) in [6.07, 6.45) is 0.0543. The van der Waals surface area contributed by atoms with E-state index in [0.29, 0.717) is 13.1 Å². The van der Waals surface area contributed by atoms with Gasteiger partial charge in [0.05, 0.1) is 11.4 Å². The Labute approximate surface area is 108 Å². The molecule has 0 bridgehead atoms. The average molecular weight is 272 g/mol. The van der Waals surface area contributed by atoms with Gasteiger partial charge in [0.15, 0.2) is 0 Å². The summed E-state index contributed by atoms with van der Waals surface area (Å²) in [7, 11) is 0. The van der Waals surface area contributed by atoms with E-state index in [2.05, 4.69) is 0 Å². The fourth-order valence-corrected chi connectivity index (χ4v) is 2.04. The van der Waals surface area contributed by atoms with Crippen LogP contribution in [0.4, 0.5) is 4.39 Å². The van der Waals surface area contributed by atoms with Gasteiger partial charge in [-0.3, -0.25) is 9.59 Å². The van der Waals surface area contributed by atoms with Crippen LogP contribution in [0.15, 0.2) is 18.2 Å². The largest absolute Gasteiger partial charge is 0.481 e. The zero-order chi connectivity index (χ0) is 13.3. The summed E-state index contributed by atoms with van der Waals surface area (Å²) >= 11 is 5.53. The van der Waals surface area contributed by atoms with Crippen molar-refractivity contribution in [2.24, 2.45) is 5.92 Å². The molecule has 1 N–H and O–H groups in total. The molecule has 1 aromatic rings. The van der Waals surface area contributed by atoms with Crippen LogP contribution in [0.3, 0.4) is 0 Å². The van der Waals surface area contributed by atoms with E-state index >= 15 is 0 Å². The van der Waals surface area contributed by atoms with E-state index < -0.39 is 11.8 Å². The van der Waals surface area contributed by atoms with E-state index in [1.807, 2.05) is 0 Å². The van der Waals surface area contributed by atoms with Crippen LogP contribution in [0, 0.1) is 11.7 Å². The van der Waals surface area contributed by atoms with Gasteiger partial charge < -0.3 is 10.0 Å². The minimum Gasteiger partial charge on any atom is -0.481 e. The third kappa shape index (κ3) is 2.61. The molecule has 0 unspecified atom stereocenters. The molecule has 0 saturated carbocycles. The molecule has 1 aliphatic rings. The summed E-state index contributed by atoms with van der Waals surface area (Å²) in [5.41, 5.74) is 0.227. The molecule has 1 aromatic carbocycles. The van der Waals surface area contributed by atoms with E-state index in [9.17, 15) is 14.0 Å². The lowest BCUT2D eigenvalue weighted by atomic mass is 9.95. The van der Waals surface area contributed by atoms with Crippen molar-refractivity contribution in [1.82, 2.24) is 4.90 Å². The molecule has 1 fully saturated rings. The highest BCUT2D eigenvalue weighted by molar-refractivity contribution is 6.30. The maximum atomic E-state index is 13.2. The van der Waals surface area contributed by atoms with Gasteiger partial charge in [-0.05, 0) is 18.2 Å². The van der Waals surface area contributed by atoms with Crippen LogP contribution >= 0.6 is 11.6 Å². The van der Waals surface area contributed by atoms with Gasteiger partial charge in [0.2, 0.25) is 0 Å². The van der Waals surface area contributed by atoms with Crippen molar-refractivity contribution in [2.45, 2.75) is 6.42 Å². The molecule has 4 nitrogen and oxygen atoms in total.